The number of unbranched alkanes of at least 4 members (excludes halogenated alkanes) is 1. The zero-order valence-corrected chi connectivity index (χ0v) is 20.2. The quantitative estimate of drug-likeness (QED) is 0.163. The molecule has 2 heterocycles. The van der Waals surface area contributed by atoms with Crippen LogP contribution in [-0.2, 0) is 27.3 Å². The van der Waals surface area contributed by atoms with Gasteiger partial charge in [-0.05, 0) is 37.1 Å². The number of esters is 1. The second-order valence-electron chi connectivity index (χ2n) is 8.09. The molecule has 1 N–H and O–H groups in total. The third-order valence-corrected chi connectivity index (χ3v) is 6.43. The minimum absolute atomic E-state index is 0.0296. The van der Waals surface area contributed by atoms with E-state index in [1.165, 1.54) is 12.5 Å². The number of hydrogen-bond donors (Lipinski definition) is 1. The second-order valence-corrected chi connectivity index (χ2v) is 9.37. The molecule has 2 aromatic heterocycles. The number of aromatic nitrogens is 2. The molecule has 2 atom stereocenters. The van der Waals surface area contributed by atoms with Gasteiger partial charge in [0, 0.05) is 28.0 Å². The third kappa shape index (κ3) is 4.95. The Balaban J connectivity index is 1.61. The van der Waals surface area contributed by atoms with Gasteiger partial charge >= 0.3 is 11.1 Å². The number of furan rings is 1. The molecule has 1 unspecified atom stereocenters. The summed E-state index contributed by atoms with van der Waals surface area (Å²) in [6.07, 6.45) is 4.40. The van der Waals surface area contributed by atoms with Crippen molar-refractivity contribution in [2.24, 2.45) is 0 Å². The lowest BCUT2D eigenvalue weighted by atomic mass is 10.0. The molecule has 4 rings (SSSR count). The zero-order valence-electron chi connectivity index (χ0n) is 19.4. The summed E-state index contributed by atoms with van der Waals surface area (Å²) < 4.78 is 24.3. The van der Waals surface area contributed by atoms with Crippen LogP contribution in [0.5, 0.6) is 0 Å². The molecule has 0 saturated heterocycles. The number of nitrogens with zero attached hydrogens (tertiary/aromatic N) is 2. The molecule has 0 aliphatic heterocycles. The summed E-state index contributed by atoms with van der Waals surface area (Å²) in [5.74, 6) is -0.563. The van der Waals surface area contributed by atoms with E-state index in [1.54, 1.807) is 0 Å². The molecule has 178 valence electrons. The number of carbonyl (C=O) groups excluding carboxylic acids is 1. The van der Waals surface area contributed by atoms with Crippen molar-refractivity contribution in [2.75, 3.05) is 18.2 Å². The van der Waals surface area contributed by atoms with Gasteiger partial charge in [-0.1, -0.05) is 37.6 Å². The molecule has 0 aliphatic rings. The predicted octanol–water partition coefficient (Wildman–Crippen LogP) is 4.40. The third-order valence-electron chi connectivity index (χ3n) is 5.59. The van der Waals surface area contributed by atoms with Crippen LogP contribution in [0.25, 0.3) is 21.9 Å². The lowest BCUT2D eigenvalue weighted by Gasteiger charge is -2.17. The topological polar surface area (TPSA) is 109 Å². The summed E-state index contributed by atoms with van der Waals surface area (Å²) in [6, 6.07) is 13.5. The van der Waals surface area contributed by atoms with E-state index >= 15 is 0 Å². The van der Waals surface area contributed by atoms with Gasteiger partial charge < -0.3 is 19.0 Å². The van der Waals surface area contributed by atoms with E-state index in [9.17, 15) is 14.1 Å². The lowest BCUT2D eigenvalue weighted by Crippen LogP contribution is -2.32. The Morgan fingerprint density at radius 1 is 1.24 bits per heavy atom. The Bertz CT molecular complexity index is 1380. The smallest absolute Gasteiger partial charge is 0.326 e. The Morgan fingerprint density at radius 2 is 2.00 bits per heavy atom. The normalized spacial score (nSPS) is 13.2. The molecule has 4 aromatic rings. The molecule has 8 nitrogen and oxygen atoms in total. The number of carbonyl (C=O) groups is 1. The van der Waals surface area contributed by atoms with Gasteiger partial charge in [-0.15, -0.1) is 0 Å². The first-order valence-electron chi connectivity index (χ1n) is 11.2. The van der Waals surface area contributed by atoms with Crippen molar-refractivity contribution >= 4 is 44.8 Å². The maximum atomic E-state index is 13.2. The van der Waals surface area contributed by atoms with Crippen molar-refractivity contribution in [1.82, 2.24) is 9.55 Å². The predicted molar refractivity (Wildman–Crippen MR) is 132 cm³/mol. The molecule has 0 spiro atoms. The first kappa shape index (κ1) is 23.8. The highest BCUT2D eigenvalue weighted by Gasteiger charge is 2.21. The zero-order chi connectivity index (χ0) is 24.2. The number of fused-ring (bicyclic) bond motifs is 3. The van der Waals surface area contributed by atoms with E-state index in [4.69, 9.17) is 9.15 Å². The van der Waals surface area contributed by atoms with Crippen LogP contribution in [0.4, 0.5) is 5.69 Å². The number of hydrogen-bond acceptors (Lipinski definition) is 7. The summed E-state index contributed by atoms with van der Waals surface area (Å²) in [4.78, 5) is 29.6. The van der Waals surface area contributed by atoms with Crippen LogP contribution in [0.2, 0.25) is 0 Å². The number of nitrogens with one attached hydrogen (secondary N) is 1. The number of benzene rings is 2. The van der Waals surface area contributed by atoms with Gasteiger partial charge in [0.15, 0.2) is 0 Å². The summed E-state index contributed by atoms with van der Waals surface area (Å²) in [6.45, 7) is 3.85. The SMILES string of the molecule is CCCCOC(=O)Cn1c([S+](C)[O-])ncc(N[C@H](C)c2ccc3oc4ccccc4c3c2)c1=O. The largest absolute Gasteiger partial charge is 0.609 e. The number of para-hydroxylation sites is 1. The van der Waals surface area contributed by atoms with Gasteiger partial charge in [0.25, 0.3) is 5.56 Å². The lowest BCUT2D eigenvalue weighted by molar-refractivity contribution is -0.144. The van der Waals surface area contributed by atoms with Crippen molar-refractivity contribution in [3.05, 3.63) is 64.6 Å². The highest BCUT2D eigenvalue weighted by Crippen LogP contribution is 2.31. The Morgan fingerprint density at radius 3 is 2.76 bits per heavy atom. The van der Waals surface area contributed by atoms with Crippen LogP contribution in [0.15, 0.2) is 63.0 Å². The fourth-order valence-corrected chi connectivity index (χ4v) is 4.44. The van der Waals surface area contributed by atoms with E-state index in [1.807, 2.05) is 56.3 Å². The van der Waals surface area contributed by atoms with Crippen LogP contribution in [0.3, 0.4) is 0 Å². The summed E-state index contributed by atoms with van der Waals surface area (Å²) >= 11 is -1.55. The molecular weight excluding hydrogens is 454 g/mol. The molecular formula is C25H27N3O5S. The molecule has 0 amide bonds. The van der Waals surface area contributed by atoms with Gasteiger partial charge in [-0.25, -0.2) is 4.57 Å². The number of anilines is 1. The highest BCUT2D eigenvalue weighted by molar-refractivity contribution is 7.90. The maximum Gasteiger partial charge on any atom is 0.326 e. The van der Waals surface area contributed by atoms with Gasteiger partial charge in [-0.3, -0.25) is 9.59 Å². The molecule has 2 aromatic carbocycles. The van der Waals surface area contributed by atoms with Gasteiger partial charge in [0.05, 0.1) is 12.8 Å². The van der Waals surface area contributed by atoms with Gasteiger partial charge in [-0.2, -0.15) is 4.98 Å². The molecule has 9 heteroatoms. The standard InChI is InChI=1S/C25H27N3O5S/c1-4-5-12-32-23(29)15-28-24(30)20(14-26-25(28)34(3)31)27-16(2)17-10-11-22-19(13-17)18-8-6-7-9-21(18)33-22/h6-11,13-14,16,27H,4-5,12,15H2,1-3H3/t16-,34?/m1/s1. The number of rotatable bonds is 9. The van der Waals surface area contributed by atoms with Crippen molar-refractivity contribution in [3.8, 4) is 0 Å². The molecule has 34 heavy (non-hydrogen) atoms. The molecule has 0 radical (unpaired) electrons. The van der Waals surface area contributed by atoms with Crippen molar-refractivity contribution in [1.29, 1.82) is 0 Å². The first-order chi connectivity index (χ1) is 16.4. The maximum absolute atomic E-state index is 13.2. The van der Waals surface area contributed by atoms with Crippen molar-refractivity contribution in [3.63, 3.8) is 0 Å². The highest BCUT2D eigenvalue weighted by atomic mass is 32.2. The summed E-state index contributed by atoms with van der Waals surface area (Å²) in [7, 11) is 0. The van der Waals surface area contributed by atoms with Crippen molar-refractivity contribution in [2.45, 2.75) is 44.4 Å². The van der Waals surface area contributed by atoms with E-state index in [0.29, 0.717) is 0 Å². The van der Waals surface area contributed by atoms with Crippen LogP contribution < -0.4 is 10.9 Å². The second kappa shape index (κ2) is 10.3. The number of ether oxygens (including phenoxy) is 1. The van der Waals surface area contributed by atoms with E-state index in [2.05, 4.69) is 10.3 Å². The summed E-state index contributed by atoms with van der Waals surface area (Å²) in [5.41, 5.74) is 2.29. The van der Waals surface area contributed by atoms with E-state index < -0.39 is 22.7 Å². The summed E-state index contributed by atoms with van der Waals surface area (Å²) in [5, 5.41) is 5.23. The average molecular weight is 482 g/mol. The van der Waals surface area contributed by atoms with Crippen LogP contribution in [0.1, 0.15) is 38.3 Å². The Hall–Kier alpha value is -3.30. The monoisotopic (exact) mass is 481 g/mol. The fraction of sp³-hybridized carbons (Fsp3) is 0.320. The van der Waals surface area contributed by atoms with E-state index in [0.717, 1.165) is 44.9 Å². The fourth-order valence-electron chi connectivity index (χ4n) is 3.78. The van der Waals surface area contributed by atoms with Crippen LogP contribution >= 0.6 is 0 Å². The molecule has 0 aliphatic carbocycles. The minimum Gasteiger partial charge on any atom is -0.609 e. The molecule has 0 fully saturated rings. The average Bonchev–Trinajstić information content (AvgIpc) is 3.19. The Kier molecular flexibility index (Phi) is 7.23. The van der Waals surface area contributed by atoms with Gasteiger partial charge in [0.2, 0.25) is 0 Å². The first-order valence-corrected chi connectivity index (χ1v) is 12.7. The molecule has 0 saturated carbocycles. The van der Waals surface area contributed by atoms with Crippen LogP contribution in [0, 0.1) is 0 Å². The molecule has 0 bridgehead atoms. The minimum atomic E-state index is -1.55. The Labute approximate surface area is 200 Å². The van der Waals surface area contributed by atoms with Gasteiger partial charge in [0.1, 0.15) is 29.7 Å². The van der Waals surface area contributed by atoms with E-state index in [-0.39, 0.29) is 30.0 Å². The van der Waals surface area contributed by atoms with Crippen LogP contribution in [-0.4, -0.2) is 32.9 Å². The van der Waals surface area contributed by atoms with Crippen molar-refractivity contribution < 1.29 is 18.5 Å².